The van der Waals surface area contributed by atoms with Gasteiger partial charge in [0.05, 0.1) is 24.1 Å². The highest BCUT2D eigenvalue weighted by atomic mass is 16.5. The fraction of sp³-hybridized carbons (Fsp3) is 0.250. The van der Waals surface area contributed by atoms with Crippen molar-refractivity contribution in [2.24, 2.45) is 0 Å². The topological polar surface area (TPSA) is 62.6 Å². The van der Waals surface area contributed by atoms with Gasteiger partial charge in [0.2, 0.25) is 0 Å². The summed E-state index contributed by atoms with van der Waals surface area (Å²) in [4.78, 5) is 20.6. The highest BCUT2D eigenvalue weighted by Gasteiger charge is 2.22. The summed E-state index contributed by atoms with van der Waals surface area (Å²) in [7, 11) is 1.63. The van der Waals surface area contributed by atoms with Crippen molar-refractivity contribution in [3.63, 3.8) is 0 Å². The third-order valence-electron chi connectivity index (χ3n) is 5.46. The van der Waals surface area contributed by atoms with E-state index < -0.39 is 0 Å². The first-order valence-corrected chi connectivity index (χ1v) is 10.2. The van der Waals surface area contributed by atoms with Gasteiger partial charge in [0, 0.05) is 18.7 Å². The minimum atomic E-state index is -0.113. The van der Waals surface area contributed by atoms with Gasteiger partial charge >= 0.3 is 0 Å². The number of fused-ring (bicyclic) bond motifs is 1. The summed E-state index contributed by atoms with van der Waals surface area (Å²) in [6.07, 6.45) is 0. The molecule has 0 atom stereocenters. The normalized spacial score (nSPS) is 11.1. The first kappa shape index (κ1) is 19.8. The van der Waals surface area contributed by atoms with Crippen LogP contribution in [-0.4, -0.2) is 34.8 Å². The molecule has 0 unspecified atom stereocenters. The van der Waals surface area contributed by atoms with Gasteiger partial charge in [-0.1, -0.05) is 42.5 Å². The zero-order valence-electron chi connectivity index (χ0n) is 17.8. The van der Waals surface area contributed by atoms with Crippen LogP contribution in [0.3, 0.4) is 0 Å². The van der Waals surface area contributed by atoms with Gasteiger partial charge in [0.25, 0.3) is 5.56 Å². The molecule has 2 aromatic carbocycles. The molecule has 0 saturated carbocycles. The molecule has 0 aliphatic rings. The Morgan fingerprint density at radius 3 is 2.27 bits per heavy atom. The first-order chi connectivity index (χ1) is 14.6. The molecule has 2 aromatic heterocycles. The van der Waals surface area contributed by atoms with Crippen LogP contribution < -0.4 is 15.2 Å². The quantitative estimate of drug-likeness (QED) is 0.515. The van der Waals surface area contributed by atoms with Gasteiger partial charge in [-0.05, 0) is 38.5 Å². The monoisotopic (exact) mass is 402 g/mol. The number of methoxy groups -OCH3 is 1. The lowest BCUT2D eigenvalue weighted by Crippen LogP contribution is -2.24. The Morgan fingerprint density at radius 2 is 1.67 bits per heavy atom. The molecule has 0 saturated heterocycles. The summed E-state index contributed by atoms with van der Waals surface area (Å²) in [5.41, 5.74) is 5.52. The lowest BCUT2D eigenvalue weighted by molar-refractivity contribution is 0.415. The maximum absolute atomic E-state index is 13.5. The molecular weight excluding hydrogens is 376 g/mol. The lowest BCUT2D eigenvalue weighted by atomic mass is 10.1. The molecule has 6 nitrogen and oxygen atoms in total. The predicted molar refractivity (Wildman–Crippen MR) is 122 cm³/mol. The maximum Gasteiger partial charge on any atom is 0.280 e. The summed E-state index contributed by atoms with van der Waals surface area (Å²) < 4.78 is 6.82. The number of aromatic amines is 1. The van der Waals surface area contributed by atoms with Crippen LogP contribution in [0.5, 0.6) is 5.75 Å². The molecule has 4 rings (SSSR count). The number of nitrogens with zero attached hydrogens (tertiary/aromatic N) is 3. The van der Waals surface area contributed by atoms with E-state index in [4.69, 9.17) is 9.72 Å². The van der Waals surface area contributed by atoms with E-state index in [-0.39, 0.29) is 5.56 Å². The van der Waals surface area contributed by atoms with E-state index >= 15 is 0 Å². The molecule has 1 N–H and O–H groups in total. The molecule has 2 heterocycles. The Bertz CT molecular complexity index is 1220. The summed E-state index contributed by atoms with van der Waals surface area (Å²) in [6, 6.07) is 17.6. The van der Waals surface area contributed by atoms with E-state index in [2.05, 4.69) is 23.8 Å². The van der Waals surface area contributed by atoms with Crippen molar-refractivity contribution in [2.75, 3.05) is 25.1 Å². The second-order valence-corrected chi connectivity index (χ2v) is 7.14. The van der Waals surface area contributed by atoms with Crippen LogP contribution in [0.15, 0.2) is 59.4 Å². The van der Waals surface area contributed by atoms with E-state index in [1.165, 1.54) is 0 Å². The highest BCUT2D eigenvalue weighted by Crippen LogP contribution is 2.34. The minimum absolute atomic E-state index is 0.113. The third kappa shape index (κ3) is 3.24. The minimum Gasteiger partial charge on any atom is -0.497 e. The van der Waals surface area contributed by atoms with Crippen molar-refractivity contribution in [1.29, 1.82) is 0 Å². The summed E-state index contributed by atoms with van der Waals surface area (Å²) in [5.74, 6) is 0.751. The predicted octanol–water partition coefficient (Wildman–Crippen LogP) is 4.52. The second-order valence-electron chi connectivity index (χ2n) is 7.14. The Labute approximate surface area is 175 Å². The van der Waals surface area contributed by atoms with Gasteiger partial charge in [-0.15, -0.1) is 0 Å². The van der Waals surface area contributed by atoms with Crippen LogP contribution >= 0.6 is 0 Å². The van der Waals surface area contributed by atoms with E-state index in [1.54, 1.807) is 11.6 Å². The van der Waals surface area contributed by atoms with Crippen LogP contribution in [0.4, 0.5) is 5.69 Å². The number of anilines is 1. The number of rotatable bonds is 6. The number of hydrogen-bond acceptors (Lipinski definition) is 4. The van der Waals surface area contributed by atoms with Gasteiger partial charge in [-0.3, -0.25) is 9.89 Å². The molecule has 0 bridgehead atoms. The second kappa shape index (κ2) is 8.06. The number of H-pyrrole nitrogens is 1. The Kier molecular flexibility index (Phi) is 5.31. The fourth-order valence-corrected chi connectivity index (χ4v) is 3.90. The van der Waals surface area contributed by atoms with Crippen molar-refractivity contribution < 1.29 is 4.74 Å². The molecule has 0 spiro atoms. The number of hydrogen-bond donors (Lipinski definition) is 1. The van der Waals surface area contributed by atoms with E-state index in [0.717, 1.165) is 41.3 Å². The standard InChI is InChI=1S/C24H26N4O2/c1-5-27(6-2)22-21(18-10-8-7-9-11-18)26-28-23(22)25-16(3)20(24(28)29)17-12-14-19(30-4)15-13-17/h7-15,26H,5-6H2,1-4H3. The van der Waals surface area contributed by atoms with Crippen molar-refractivity contribution >= 4 is 11.3 Å². The number of nitrogens with one attached hydrogen (secondary N) is 1. The largest absolute Gasteiger partial charge is 0.497 e. The lowest BCUT2D eigenvalue weighted by Gasteiger charge is -2.21. The summed E-state index contributed by atoms with van der Waals surface area (Å²) >= 11 is 0. The van der Waals surface area contributed by atoms with Gasteiger partial charge in [0.1, 0.15) is 11.4 Å². The fourth-order valence-electron chi connectivity index (χ4n) is 3.90. The summed E-state index contributed by atoms with van der Waals surface area (Å²) in [6.45, 7) is 7.75. The molecule has 0 fully saturated rings. The molecule has 6 heteroatoms. The molecule has 154 valence electrons. The van der Waals surface area contributed by atoms with Gasteiger partial charge in [-0.2, -0.15) is 4.52 Å². The van der Waals surface area contributed by atoms with Gasteiger partial charge in [0.15, 0.2) is 5.65 Å². The average molecular weight is 402 g/mol. The zero-order valence-corrected chi connectivity index (χ0v) is 17.8. The van der Waals surface area contributed by atoms with Gasteiger partial charge < -0.3 is 9.64 Å². The summed E-state index contributed by atoms with van der Waals surface area (Å²) in [5, 5.41) is 3.33. The smallest absolute Gasteiger partial charge is 0.280 e. The number of benzene rings is 2. The van der Waals surface area contributed by atoms with Crippen LogP contribution in [0.2, 0.25) is 0 Å². The van der Waals surface area contributed by atoms with Crippen LogP contribution in [0.1, 0.15) is 19.5 Å². The van der Waals surface area contributed by atoms with Crippen molar-refractivity contribution in [2.45, 2.75) is 20.8 Å². The Balaban J connectivity index is 2.01. The maximum atomic E-state index is 13.5. The zero-order chi connectivity index (χ0) is 21.3. The van der Waals surface area contributed by atoms with Crippen molar-refractivity contribution in [3.05, 3.63) is 70.6 Å². The average Bonchev–Trinajstić information content (AvgIpc) is 3.15. The first-order valence-electron chi connectivity index (χ1n) is 10.2. The third-order valence-corrected chi connectivity index (χ3v) is 5.46. The van der Waals surface area contributed by atoms with Crippen LogP contribution in [-0.2, 0) is 0 Å². The SMILES string of the molecule is CCN(CC)c1c(-c2ccccc2)[nH]n2c(=O)c(-c3ccc(OC)cc3)c(C)nc12. The molecule has 0 radical (unpaired) electrons. The molecule has 0 amide bonds. The van der Waals surface area contributed by atoms with Crippen molar-refractivity contribution in [1.82, 2.24) is 14.6 Å². The number of aryl methyl sites for hydroxylation is 1. The number of aromatic nitrogens is 3. The van der Waals surface area contributed by atoms with E-state index in [1.807, 2.05) is 61.5 Å². The molecule has 0 aliphatic carbocycles. The molecule has 4 aromatic rings. The van der Waals surface area contributed by atoms with Gasteiger partial charge in [-0.25, -0.2) is 4.98 Å². The Morgan fingerprint density at radius 1 is 1.00 bits per heavy atom. The van der Waals surface area contributed by atoms with Crippen LogP contribution in [0, 0.1) is 6.92 Å². The highest BCUT2D eigenvalue weighted by molar-refractivity contribution is 5.86. The molecular formula is C24H26N4O2. The van der Waals surface area contributed by atoms with Crippen LogP contribution in [0.25, 0.3) is 28.0 Å². The molecule has 30 heavy (non-hydrogen) atoms. The van der Waals surface area contributed by atoms with Crippen molar-refractivity contribution in [3.8, 4) is 28.1 Å². The Hall–Kier alpha value is -3.54. The van der Waals surface area contributed by atoms with E-state index in [0.29, 0.717) is 16.9 Å². The van der Waals surface area contributed by atoms with E-state index in [9.17, 15) is 4.79 Å². The molecule has 0 aliphatic heterocycles. The number of ether oxygens (including phenoxy) is 1.